The summed E-state index contributed by atoms with van der Waals surface area (Å²) >= 11 is 0. The first kappa shape index (κ1) is 13.5. The minimum Gasteiger partial charge on any atom is -0.395 e. The SMILES string of the molecule is CCn1cnc(S(=O)(=O)N2CCCCC2CO)c1. The number of aliphatic hydroxyl groups is 1. The van der Waals surface area contributed by atoms with Gasteiger partial charge in [0, 0.05) is 25.3 Å². The second-order valence-corrected chi connectivity index (χ2v) is 6.33. The Morgan fingerprint density at radius 3 is 2.89 bits per heavy atom. The van der Waals surface area contributed by atoms with E-state index in [0.29, 0.717) is 19.5 Å². The number of nitrogens with zero attached hydrogens (tertiary/aromatic N) is 3. The lowest BCUT2D eigenvalue weighted by Gasteiger charge is -2.32. The van der Waals surface area contributed by atoms with E-state index in [9.17, 15) is 13.5 Å². The van der Waals surface area contributed by atoms with Gasteiger partial charge in [-0.1, -0.05) is 6.42 Å². The first-order chi connectivity index (χ1) is 8.59. The van der Waals surface area contributed by atoms with Gasteiger partial charge in [-0.2, -0.15) is 4.31 Å². The van der Waals surface area contributed by atoms with Crippen LogP contribution in [0.2, 0.25) is 0 Å². The molecule has 0 spiro atoms. The number of hydrogen-bond acceptors (Lipinski definition) is 4. The largest absolute Gasteiger partial charge is 0.395 e. The topological polar surface area (TPSA) is 75.4 Å². The van der Waals surface area contributed by atoms with Crippen LogP contribution in [0, 0.1) is 0 Å². The van der Waals surface area contributed by atoms with Gasteiger partial charge in [0.05, 0.1) is 12.9 Å². The fraction of sp³-hybridized carbons (Fsp3) is 0.727. The summed E-state index contributed by atoms with van der Waals surface area (Å²) in [5.41, 5.74) is 0. The molecular weight excluding hydrogens is 254 g/mol. The number of imidazole rings is 1. The Bertz CT molecular complexity index is 497. The van der Waals surface area contributed by atoms with Gasteiger partial charge in [0.15, 0.2) is 5.03 Å². The molecule has 18 heavy (non-hydrogen) atoms. The lowest BCUT2D eigenvalue weighted by Crippen LogP contribution is -2.45. The van der Waals surface area contributed by atoms with Gasteiger partial charge in [-0.15, -0.1) is 0 Å². The van der Waals surface area contributed by atoms with Gasteiger partial charge in [-0.05, 0) is 19.8 Å². The third-order valence-corrected chi connectivity index (χ3v) is 5.17. The molecule has 1 N–H and O–H groups in total. The van der Waals surface area contributed by atoms with Gasteiger partial charge in [0.2, 0.25) is 0 Å². The summed E-state index contributed by atoms with van der Waals surface area (Å²) in [6, 6.07) is -0.310. The van der Waals surface area contributed by atoms with Crippen molar-refractivity contribution >= 4 is 10.0 Å². The third-order valence-electron chi connectivity index (χ3n) is 3.33. The van der Waals surface area contributed by atoms with Gasteiger partial charge in [-0.25, -0.2) is 13.4 Å². The van der Waals surface area contributed by atoms with E-state index >= 15 is 0 Å². The molecule has 0 radical (unpaired) electrons. The minimum absolute atomic E-state index is 0.0738. The molecule has 1 aliphatic rings. The van der Waals surface area contributed by atoms with Crippen molar-refractivity contribution in [2.24, 2.45) is 0 Å². The normalized spacial score (nSPS) is 22.2. The molecular formula is C11H19N3O3S. The Morgan fingerprint density at radius 1 is 1.50 bits per heavy atom. The second-order valence-electron chi connectivity index (χ2n) is 4.49. The molecule has 6 nitrogen and oxygen atoms in total. The maximum absolute atomic E-state index is 12.4. The van der Waals surface area contributed by atoms with Gasteiger partial charge in [0.1, 0.15) is 0 Å². The molecule has 7 heteroatoms. The van der Waals surface area contributed by atoms with Gasteiger partial charge < -0.3 is 9.67 Å². The zero-order chi connectivity index (χ0) is 13.2. The monoisotopic (exact) mass is 273 g/mol. The average Bonchev–Trinajstić information content (AvgIpc) is 2.88. The minimum atomic E-state index is -3.57. The van der Waals surface area contributed by atoms with Crippen molar-refractivity contribution < 1.29 is 13.5 Å². The van der Waals surface area contributed by atoms with E-state index in [-0.39, 0.29) is 17.7 Å². The van der Waals surface area contributed by atoms with Crippen LogP contribution in [0.4, 0.5) is 0 Å². The first-order valence-corrected chi connectivity index (χ1v) is 7.68. The van der Waals surface area contributed by atoms with Gasteiger partial charge in [-0.3, -0.25) is 0 Å². The van der Waals surface area contributed by atoms with Crippen LogP contribution in [-0.4, -0.2) is 46.6 Å². The second kappa shape index (κ2) is 5.38. The standard InChI is InChI=1S/C11H19N3O3S/c1-2-13-7-11(12-9-13)18(16,17)14-6-4-3-5-10(14)8-15/h7,9-10,15H,2-6,8H2,1H3. The number of rotatable bonds is 4. The highest BCUT2D eigenvalue weighted by Gasteiger charge is 2.34. The molecule has 2 heterocycles. The van der Waals surface area contributed by atoms with Crippen LogP contribution in [0.3, 0.4) is 0 Å². The Hall–Kier alpha value is -0.920. The first-order valence-electron chi connectivity index (χ1n) is 6.24. The molecule has 1 atom stereocenters. The van der Waals surface area contributed by atoms with Crippen LogP contribution < -0.4 is 0 Å². The van der Waals surface area contributed by atoms with E-state index in [1.54, 1.807) is 10.8 Å². The summed E-state index contributed by atoms with van der Waals surface area (Å²) in [7, 11) is -3.57. The molecule has 0 aliphatic carbocycles. The summed E-state index contributed by atoms with van der Waals surface area (Å²) in [4.78, 5) is 3.95. The van der Waals surface area contributed by atoms with Crippen LogP contribution in [0.5, 0.6) is 0 Å². The van der Waals surface area contributed by atoms with Crippen molar-refractivity contribution in [1.29, 1.82) is 0 Å². The molecule has 0 amide bonds. The molecule has 2 rings (SSSR count). The zero-order valence-electron chi connectivity index (χ0n) is 10.5. The van der Waals surface area contributed by atoms with E-state index in [1.165, 1.54) is 10.6 Å². The van der Waals surface area contributed by atoms with Crippen LogP contribution >= 0.6 is 0 Å². The highest BCUT2D eigenvalue weighted by atomic mass is 32.2. The van der Waals surface area contributed by atoms with Crippen molar-refractivity contribution in [2.45, 2.75) is 43.8 Å². The maximum atomic E-state index is 12.4. The van der Waals surface area contributed by atoms with E-state index in [2.05, 4.69) is 4.98 Å². The van der Waals surface area contributed by atoms with Crippen molar-refractivity contribution in [1.82, 2.24) is 13.9 Å². The highest BCUT2D eigenvalue weighted by molar-refractivity contribution is 7.89. The maximum Gasteiger partial charge on any atom is 0.262 e. The van der Waals surface area contributed by atoms with E-state index in [4.69, 9.17) is 0 Å². The summed E-state index contributed by atoms with van der Waals surface area (Å²) in [6.45, 7) is 2.95. The number of aliphatic hydroxyl groups excluding tert-OH is 1. The summed E-state index contributed by atoms with van der Waals surface area (Å²) in [6.07, 6.45) is 5.57. The quantitative estimate of drug-likeness (QED) is 0.863. The zero-order valence-corrected chi connectivity index (χ0v) is 11.3. The summed E-state index contributed by atoms with van der Waals surface area (Å²) < 4.78 is 28.0. The molecule has 0 saturated carbocycles. The van der Waals surface area contributed by atoms with E-state index in [1.807, 2.05) is 6.92 Å². The highest BCUT2D eigenvalue weighted by Crippen LogP contribution is 2.24. The third kappa shape index (κ3) is 2.43. The fourth-order valence-electron chi connectivity index (χ4n) is 2.24. The number of aromatic nitrogens is 2. The Morgan fingerprint density at radius 2 is 2.28 bits per heavy atom. The molecule has 1 fully saturated rings. The number of piperidine rings is 1. The molecule has 0 aromatic carbocycles. The molecule has 1 aliphatic heterocycles. The van der Waals surface area contributed by atoms with Crippen LogP contribution in [0.25, 0.3) is 0 Å². The lowest BCUT2D eigenvalue weighted by atomic mass is 10.1. The predicted molar refractivity (Wildman–Crippen MR) is 66.5 cm³/mol. The van der Waals surface area contributed by atoms with Crippen molar-refractivity contribution in [3.8, 4) is 0 Å². The van der Waals surface area contributed by atoms with E-state index < -0.39 is 10.0 Å². The number of hydrogen-bond donors (Lipinski definition) is 1. The Kier molecular flexibility index (Phi) is 4.04. The molecule has 1 aromatic rings. The van der Waals surface area contributed by atoms with Crippen LogP contribution in [0.15, 0.2) is 17.6 Å². The predicted octanol–water partition coefficient (Wildman–Crippen LogP) is 0.438. The summed E-state index contributed by atoms with van der Waals surface area (Å²) in [5.74, 6) is 0. The fourth-order valence-corrected chi connectivity index (χ4v) is 3.86. The lowest BCUT2D eigenvalue weighted by molar-refractivity contribution is 0.155. The van der Waals surface area contributed by atoms with E-state index in [0.717, 1.165) is 12.8 Å². The average molecular weight is 273 g/mol. The van der Waals surface area contributed by atoms with Gasteiger partial charge >= 0.3 is 0 Å². The van der Waals surface area contributed by atoms with Gasteiger partial charge in [0.25, 0.3) is 10.0 Å². The molecule has 1 aromatic heterocycles. The number of sulfonamides is 1. The smallest absolute Gasteiger partial charge is 0.262 e. The summed E-state index contributed by atoms with van der Waals surface area (Å²) in [5, 5.41) is 9.37. The van der Waals surface area contributed by atoms with Crippen molar-refractivity contribution in [3.63, 3.8) is 0 Å². The number of aryl methyl sites for hydroxylation is 1. The van der Waals surface area contributed by atoms with Crippen molar-refractivity contribution in [3.05, 3.63) is 12.5 Å². The molecule has 1 saturated heterocycles. The Labute approximate surface area is 107 Å². The van der Waals surface area contributed by atoms with Crippen LogP contribution in [0.1, 0.15) is 26.2 Å². The Balaban J connectivity index is 2.28. The van der Waals surface area contributed by atoms with Crippen molar-refractivity contribution in [2.75, 3.05) is 13.2 Å². The molecule has 1 unspecified atom stereocenters. The van der Waals surface area contributed by atoms with Crippen LogP contribution in [-0.2, 0) is 16.6 Å². The molecule has 0 bridgehead atoms. The molecule has 102 valence electrons.